The van der Waals surface area contributed by atoms with Crippen molar-refractivity contribution in [2.45, 2.75) is 26.4 Å². The van der Waals surface area contributed by atoms with E-state index in [0.717, 1.165) is 0 Å². The summed E-state index contributed by atoms with van der Waals surface area (Å²) in [5.74, 6) is 0.549. The van der Waals surface area contributed by atoms with E-state index >= 15 is 0 Å². The highest BCUT2D eigenvalue weighted by Crippen LogP contribution is 2.21. The first-order chi connectivity index (χ1) is 10.3. The SMILES string of the molecule is CC(C)(C)OC(=O)Nc1ccc(Oc2ccnc(F)n2)cc1. The van der Waals surface area contributed by atoms with Gasteiger partial charge in [-0.25, -0.2) is 9.78 Å². The van der Waals surface area contributed by atoms with Gasteiger partial charge in [0.05, 0.1) is 0 Å². The molecule has 1 aromatic heterocycles. The minimum absolute atomic E-state index is 0.0975. The number of nitrogens with zero attached hydrogens (tertiary/aromatic N) is 2. The lowest BCUT2D eigenvalue weighted by Gasteiger charge is -2.19. The molecule has 1 aromatic carbocycles. The lowest BCUT2D eigenvalue weighted by Crippen LogP contribution is -2.27. The zero-order valence-electron chi connectivity index (χ0n) is 12.5. The van der Waals surface area contributed by atoms with Crippen molar-refractivity contribution in [2.75, 3.05) is 5.32 Å². The van der Waals surface area contributed by atoms with Gasteiger partial charge in [0.2, 0.25) is 5.88 Å². The van der Waals surface area contributed by atoms with Crippen LogP contribution < -0.4 is 10.1 Å². The third-order valence-corrected chi connectivity index (χ3v) is 2.32. The van der Waals surface area contributed by atoms with E-state index in [2.05, 4.69) is 15.3 Å². The zero-order valence-corrected chi connectivity index (χ0v) is 12.5. The molecule has 6 nitrogen and oxygen atoms in total. The highest BCUT2D eigenvalue weighted by molar-refractivity contribution is 5.84. The van der Waals surface area contributed by atoms with Crippen molar-refractivity contribution in [1.29, 1.82) is 0 Å². The van der Waals surface area contributed by atoms with Crippen LogP contribution in [0.15, 0.2) is 36.5 Å². The van der Waals surface area contributed by atoms with Gasteiger partial charge in [0.1, 0.15) is 11.4 Å². The molecule has 0 aliphatic rings. The molecule has 0 atom stereocenters. The summed E-state index contributed by atoms with van der Waals surface area (Å²) in [6.45, 7) is 5.35. The Bertz CT molecular complexity index is 654. The number of carbonyl (C=O) groups is 1. The summed E-state index contributed by atoms with van der Waals surface area (Å²) in [5, 5.41) is 2.60. The van der Waals surface area contributed by atoms with Crippen LogP contribution in [0.25, 0.3) is 0 Å². The van der Waals surface area contributed by atoms with Crippen molar-refractivity contribution in [3.05, 3.63) is 42.6 Å². The highest BCUT2D eigenvalue weighted by atomic mass is 19.1. The number of amides is 1. The smallest absolute Gasteiger partial charge is 0.412 e. The third kappa shape index (κ3) is 5.01. The molecule has 1 heterocycles. The first-order valence-electron chi connectivity index (χ1n) is 6.58. The molecule has 0 aliphatic carbocycles. The maximum atomic E-state index is 12.8. The van der Waals surface area contributed by atoms with Crippen molar-refractivity contribution < 1.29 is 18.7 Å². The molecule has 0 aliphatic heterocycles. The minimum atomic E-state index is -0.860. The van der Waals surface area contributed by atoms with Gasteiger partial charge in [-0.2, -0.15) is 9.37 Å². The lowest BCUT2D eigenvalue weighted by atomic mass is 10.2. The molecule has 0 spiro atoms. The van der Waals surface area contributed by atoms with Gasteiger partial charge >= 0.3 is 12.2 Å². The molecule has 2 aromatic rings. The zero-order chi connectivity index (χ0) is 16.2. The normalized spacial score (nSPS) is 10.9. The van der Waals surface area contributed by atoms with Crippen LogP contribution in [-0.2, 0) is 4.74 Å². The average Bonchev–Trinajstić information content (AvgIpc) is 2.39. The maximum absolute atomic E-state index is 12.8. The Hall–Kier alpha value is -2.70. The fraction of sp³-hybridized carbons (Fsp3) is 0.267. The number of anilines is 1. The third-order valence-electron chi connectivity index (χ3n) is 2.32. The number of carbonyl (C=O) groups excluding carboxylic acids is 1. The molecule has 116 valence electrons. The fourth-order valence-electron chi connectivity index (χ4n) is 1.52. The second-order valence-corrected chi connectivity index (χ2v) is 5.42. The molecular weight excluding hydrogens is 289 g/mol. The Balaban J connectivity index is 1.97. The number of hydrogen-bond acceptors (Lipinski definition) is 5. The maximum Gasteiger partial charge on any atom is 0.412 e. The topological polar surface area (TPSA) is 73.3 Å². The Morgan fingerprint density at radius 1 is 1.18 bits per heavy atom. The average molecular weight is 305 g/mol. The van der Waals surface area contributed by atoms with Crippen molar-refractivity contribution in [1.82, 2.24) is 9.97 Å². The number of ether oxygens (including phenoxy) is 2. The van der Waals surface area contributed by atoms with Crippen LogP contribution in [0.4, 0.5) is 14.9 Å². The standard InChI is InChI=1S/C15H16FN3O3/c1-15(2,3)22-14(20)18-10-4-6-11(7-5-10)21-12-8-9-17-13(16)19-12/h4-9H,1-3H3,(H,18,20). The summed E-state index contributed by atoms with van der Waals surface area (Å²) >= 11 is 0. The molecule has 0 bridgehead atoms. The van der Waals surface area contributed by atoms with Crippen molar-refractivity contribution in [3.63, 3.8) is 0 Å². The van der Waals surface area contributed by atoms with E-state index in [4.69, 9.17) is 9.47 Å². The molecule has 22 heavy (non-hydrogen) atoms. The van der Waals surface area contributed by atoms with E-state index in [9.17, 15) is 9.18 Å². The first-order valence-corrected chi connectivity index (χ1v) is 6.58. The number of rotatable bonds is 3. The van der Waals surface area contributed by atoms with E-state index in [1.54, 1.807) is 45.0 Å². The van der Waals surface area contributed by atoms with Crippen LogP contribution in [0.1, 0.15) is 20.8 Å². The molecule has 2 rings (SSSR count). The van der Waals surface area contributed by atoms with Crippen LogP contribution >= 0.6 is 0 Å². The van der Waals surface area contributed by atoms with E-state index < -0.39 is 17.8 Å². The summed E-state index contributed by atoms with van der Waals surface area (Å²) in [6.07, 6.45) is -0.143. The second kappa shape index (κ2) is 6.38. The van der Waals surface area contributed by atoms with Gasteiger partial charge in [-0.3, -0.25) is 5.32 Å². The van der Waals surface area contributed by atoms with Gasteiger partial charge in [-0.1, -0.05) is 0 Å². The summed E-state index contributed by atoms with van der Waals surface area (Å²) in [7, 11) is 0. The van der Waals surface area contributed by atoms with Gasteiger partial charge in [0.25, 0.3) is 0 Å². The summed E-state index contributed by atoms with van der Waals surface area (Å²) in [5.41, 5.74) is -0.0139. The summed E-state index contributed by atoms with van der Waals surface area (Å²) < 4.78 is 23.4. The summed E-state index contributed by atoms with van der Waals surface area (Å²) in [6, 6.07) is 7.95. The Kier molecular flexibility index (Phi) is 4.55. The molecule has 1 amide bonds. The van der Waals surface area contributed by atoms with Gasteiger partial charge in [-0.15, -0.1) is 0 Å². The largest absolute Gasteiger partial charge is 0.444 e. The Morgan fingerprint density at radius 2 is 1.86 bits per heavy atom. The fourth-order valence-corrected chi connectivity index (χ4v) is 1.52. The van der Waals surface area contributed by atoms with Crippen LogP contribution in [0.5, 0.6) is 11.6 Å². The second-order valence-electron chi connectivity index (χ2n) is 5.42. The van der Waals surface area contributed by atoms with Crippen LogP contribution in [0.3, 0.4) is 0 Å². The first kappa shape index (κ1) is 15.7. The molecule has 1 N–H and O–H groups in total. The monoisotopic (exact) mass is 305 g/mol. The molecule has 7 heteroatoms. The van der Waals surface area contributed by atoms with Gasteiger partial charge in [0.15, 0.2) is 0 Å². The van der Waals surface area contributed by atoms with Gasteiger partial charge < -0.3 is 9.47 Å². The number of benzene rings is 1. The predicted molar refractivity (Wildman–Crippen MR) is 78.4 cm³/mol. The number of hydrogen-bond donors (Lipinski definition) is 1. The summed E-state index contributed by atoms with van der Waals surface area (Å²) in [4.78, 5) is 18.4. The van der Waals surface area contributed by atoms with E-state index in [1.165, 1.54) is 12.3 Å². The van der Waals surface area contributed by atoms with Crippen molar-refractivity contribution in [3.8, 4) is 11.6 Å². The highest BCUT2D eigenvalue weighted by Gasteiger charge is 2.16. The minimum Gasteiger partial charge on any atom is -0.444 e. The number of halogens is 1. The van der Waals surface area contributed by atoms with Crippen LogP contribution in [-0.4, -0.2) is 21.7 Å². The molecule has 0 unspecified atom stereocenters. The Labute approximate surface area is 127 Å². The van der Waals surface area contributed by atoms with E-state index in [1.807, 2.05) is 0 Å². The lowest BCUT2D eigenvalue weighted by molar-refractivity contribution is 0.0636. The van der Waals surface area contributed by atoms with Crippen molar-refractivity contribution in [2.24, 2.45) is 0 Å². The Morgan fingerprint density at radius 3 is 2.45 bits per heavy atom. The molecule has 0 fully saturated rings. The van der Waals surface area contributed by atoms with Crippen molar-refractivity contribution >= 4 is 11.8 Å². The van der Waals surface area contributed by atoms with Gasteiger partial charge in [0, 0.05) is 18.0 Å². The molecular formula is C15H16FN3O3. The van der Waals surface area contributed by atoms with Crippen LogP contribution in [0.2, 0.25) is 0 Å². The number of aromatic nitrogens is 2. The predicted octanol–water partition coefficient (Wildman–Crippen LogP) is 3.76. The molecule has 0 saturated heterocycles. The molecule has 0 saturated carbocycles. The van der Waals surface area contributed by atoms with Crippen LogP contribution in [0, 0.1) is 6.08 Å². The number of nitrogens with one attached hydrogen (secondary N) is 1. The van der Waals surface area contributed by atoms with E-state index in [0.29, 0.717) is 11.4 Å². The van der Waals surface area contributed by atoms with E-state index in [-0.39, 0.29) is 5.88 Å². The molecule has 0 radical (unpaired) electrons. The quantitative estimate of drug-likeness (QED) is 0.874. The van der Waals surface area contributed by atoms with Gasteiger partial charge in [-0.05, 0) is 45.0 Å².